The van der Waals surface area contributed by atoms with E-state index in [2.05, 4.69) is 26.2 Å². The number of morpholine rings is 1. The van der Waals surface area contributed by atoms with E-state index in [1.807, 2.05) is 18.8 Å². The molecule has 0 aromatic heterocycles. The average molecular weight is 454 g/mol. The number of ketones is 1. The van der Waals surface area contributed by atoms with Gasteiger partial charge in [-0.2, -0.15) is 0 Å². The Balaban J connectivity index is 1.14. The molecule has 4 heterocycles. The molecular formula is C22H39N5O3S. The predicted molar refractivity (Wildman–Crippen MR) is 122 cm³/mol. The Bertz CT molecular complexity index is 614. The molecule has 4 aliphatic heterocycles. The summed E-state index contributed by atoms with van der Waals surface area (Å²) >= 11 is 1.86. The van der Waals surface area contributed by atoms with Crippen LogP contribution in [-0.2, 0) is 14.3 Å². The smallest absolute Gasteiger partial charge is 0.152 e. The third-order valence-electron chi connectivity index (χ3n) is 7.93. The number of Topliss-reactive ketones (excluding diaryl/α,β-unsaturated/α-hetero) is 1. The fourth-order valence-electron chi connectivity index (χ4n) is 6.08. The Morgan fingerprint density at radius 2 is 1.94 bits per heavy atom. The van der Waals surface area contributed by atoms with Gasteiger partial charge in [-0.3, -0.25) is 25.6 Å². The van der Waals surface area contributed by atoms with Crippen LogP contribution in [-0.4, -0.2) is 92.4 Å². The minimum atomic E-state index is -0.0413. The monoisotopic (exact) mass is 453 g/mol. The Kier molecular flexibility index (Phi) is 7.51. The predicted octanol–water partition coefficient (Wildman–Crippen LogP) is 0.295. The van der Waals surface area contributed by atoms with Crippen molar-refractivity contribution in [2.75, 3.05) is 45.6 Å². The van der Waals surface area contributed by atoms with Crippen LogP contribution in [0.25, 0.3) is 0 Å². The van der Waals surface area contributed by atoms with E-state index in [9.17, 15) is 4.79 Å². The summed E-state index contributed by atoms with van der Waals surface area (Å²) in [6.45, 7) is 4.28. The summed E-state index contributed by atoms with van der Waals surface area (Å²) in [5.41, 5.74) is 0. The number of ether oxygens (including phenoxy) is 2. The van der Waals surface area contributed by atoms with Gasteiger partial charge in [-0.25, -0.2) is 0 Å². The first-order valence-electron chi connectivity index (χ1n) is 12.3. The number of nitrogens with zero attached hydrogens (tertiary/aromatic N) is 1. The lowest BCUT2D eigenvalue weighted by molar-refractivity contribution is -0.170. The van der Waals surface area contributed by atoms with Gasteiger partial charge in [-0.15, -0.1) is 11.8 Å². The fraction of sp³-hybridized carbons (Fsp3) is 0.955. The van der Waals surface area contributed by atoms with E-state index in [4.69, 9.17) is 9.47 Å². The number of thioether (sulfide) groups is 1. The highest BCUT2D eigenvalue weighted by atomic mass is 32.2. The Morgan fingerprint density at radius 1 is 1.13 bits per heavy atom. The first kappa shape index (κ1) is 22.5. The number of rotatable bonds is 5. The molecule has 0 bridgehead atoms. The molecule has 1 aliphatic carbocycles. The zero-order valence-corrected chi connectivity index (χ0v) is 19.5. The number of hydrogen-bond acceptors (Lipinski definition) is 9. The molecule has 0 amide bonds. The molecule has 5 fully saturated rings. The number of nitrogens with one attached hydrogen (secondary N) is 4. The maximum atomic E-state index is 12.9. The van der Waals surface area contributed by atoms with Crippen molar-refractivity contribution < 1.29 is 14.3 Å². The highest BCUT2D eigenvalue weighted by Crippen LogP contribution is 2.46. The van der Waals surface area contributed by atoms with E-state index in [0.717, 1.165) is 45.0 Å². The van der Waals surface area contributed by atoms with Gasteiger partial charge < -0.3 is 14.8 Å². The maximum absolute atomic E-state index is 12.9. The van der Waals surface area contributed by atoms with Crippen molar-refractivity contribution in [3.63, 3.8) is 0 Å². The summed E-state index contributed by atoms with van der Waals surface area (Å²) < 4.78 is 12.1. The molecule has 6 unspecified atom stereocenters. The number of hydrogen-bond donors (Lipinski definition) is 4. The van der Waals surface area contributed by atoms with Crippen LogP contribution in [0.4, 0.5) is 0 Å². The van der Waals surface area contributed by atoms with Crippen LogP contribution in [0.1, 0.15) is 38.5 Å². The van der Waals surface area contributed by atoms with Gasteiger partial charge in [0.25, 0.3) is 0 Å². The summed E-state index contributed by atoms with van der Waals surface area (Å²) in [5.74, 6) is 2.68. The van der Waals surface area contributed by atoms with Gasteiger partial charge in [0.1, 0.15) is 12.5 Å². The van der Waals surface area contributed by atoms with E-state index in [1.165, 1.54) is 25.7 Å². The average Bonchev–Trinajstić information content (AvgIpc) is 3.25. The summed E-state index contributed by atoms with van der Waals surface area (Å²) in [5, 5.41) is 14.3. The van der Waals surface area contributed by atoms with Crippen molar-refractivity contribution in [1.29, 1.82) is 0 Å². The molecule has 4 saturated heterocycles. The van der Waals surface area contributed by atoms with Crippen LogP contribution in [0.3, 0.4) is 0 Å². The van der Waals surface area contributed by atoms with Crippen molar-refractivity contribution in [3.8, 4) is 0 Å². The molecule has 5 rings (SSSR count). The first-order valence-corrected chi connectivity index (χ1v) is 13.3. The summed E-state index contributed by atoms with van der Waals surface area (Å²) in [6, 6.07) is 0.553. The maximum Gasteiger partial charge on any atom is 0.152 e. The van der Waals surface area contributed by atoms with E-state index in [1.54, 1.807) is 0 Å². The van der Waals surface area contributed by atoms with Crippen molar-refractivity contribution in [2.24, 2.45) is 11.8 Å². The summed E-state index contributed by atoms with van der Waals surface area (Å²) in [7, 11) is 2.01. The first-order chi connectivity index (χ1) is 15.2. The van der Waals surface area contributed by atoms with Crippen molar-refractivity contribution in [3.05, 3.63) is 0 Å². The van der Waals surface area contributed by atoms with Gasteiger partial charge in [-0.1, -0.05) is 0 Å². The van der Waals surface area contributed by atoms with Gasteiger partial charge in [0, 0.05) is 32.1 Å². The third-order valence-corrected chi connectivity index (χ3v) is 9.39. The molecule has 0 radical (unpaired) electrons. The Labute approximate surface area is 190 Å². The molecule has 31 heavy (non-hydrogen) atoms. The quantitative estimate of drug-likeness (QED) is 0.469. The highest BCUT2D eigenvalue weighted by Gasteiger charge is 2.50. The Hall–Kier alpha value is -0.260. The van der Waals surface area contributed by atoms with E-state index in [-0.39, 0.29) is 23.9 Å². The second kappa shape index (κ2) is 10.3. The number of carbonyl (C=O) groups is 1. The summed E-state index contributed by atoms with van der Waals surface area (Å²) in [4.78, 5) is 15.2. The minimum Gasteiger partial charge on any atom is -0.379 e. The van der Waals surface area contributed by atoms with Crippen molar-refractivity contribution in [1.82, 2.24) is 26.2 Å². The lowest BCUT2D eigenvalue weighted by Crippen LogP contribution is -2.65. The molecule has 6 atom stereocenters. The van der Waals surface area contributed by atoms with Crippen LogP contribution in [0, 0.1) is 11.8 Å². The molecule has 0 aromatic rings. The van der Waals surface area contributed by atoms with Gasteiger partial charge in [-0.05, 0) is 56.7 Å². The van der Waals surface area contributed by atoms with E-state index < -0.39 is 0 Å². The van der Waals surface area contributed by atoms with Crippen LogP contribution in [0.15, 0.2) is 0 Å². The van der Waals surface area contributed by atoms with E-state index in [0.29, 0.717) is 36.2 Å². The molecule has 5 aliphatic rings. The lowest BCUT2D eigenvalue weighted by atomic mass is 9.75. The second-order valence-electron chi connectivity index (χ2n) is 9.75. The molecule has 9 heteroatoms. The largest absolute Gasteiger partial charge is 0.379 e. The highest BCUT2D eigenvalue weighted by molar-refractivity contribution is 8.01. The molecule has 0 aromatic carbocycles. The standard InChI is InChI=1S/C22H39N5O3S/c1-23-18-6-7-24-22(26-18)25-15-4-2-14(3-5-15)16-13-31-21-17(28)12-19(30-20(16)21)27-8-10-29-11-9-27/h14-16,18-26H,2-13H2,1H3. The molecule has 1 saturated carbocycles. The summed E-state index contributed by atoms with van der Waals surface area (Å²) in [6.07, 6.45) is 7.15. The van der Waals surface area contributed by atoms with Gasteiger partial charge >= 0.3 is 0 Å². The molecular weight excluding hydrogens is 414 g/mol. The van der Waals surface area contributed by atoms with Crippen molar-refractivity contribution in [2.45, 2.75) is 74.6 Å². The van der Waals surface area contributed by atoms with Gasteiger partial charge in [0.05, 0.1) is 30.7 Å². The second-order valence-corrected chi connectivity index (χ2v) is 10.9. The Morgan fingerprint density at radius 3 is 2.71 bits per heavy atom. The SMILES string of the molecule is CNC1CCNC(NC2CCC(C3CSC4C(=O)CC(N5CCOCC5)OC43)CC2)N1. The molecule has 0 spiro atoms. The molecule has 4 N–H and O–H groups in total. The zero-order chi connectivity index (χ0) is 21.2. The van der Waals surface area contributed by atoms with Crippen LogP contribution >= 0.6 is 11.8 Å². The zero-order valence-electron chi connectivity index (χ0n) is 18.7. The topological polar surface area (TPSA) is 86.9 Å². The fourth-order valence-corrected chi connectivity index (χ4v) is 7.71. The molecule has 176 valence electrons. The normalized spacial score (nSPS) is 44.9. The van der Waals surface area contributed by atoms with Gasteiger partial charge in [0.2, 0.25) is 0 Å². The number of carbonyl (C=O) groups excluding carboxylic acids is 1. The van der Waals surface area contributed by atoms with Gasteiger partial charge in [0.15, 0.2) is 5.78 Å². The van der Waals surface area contributed by atoms with Crippen LogP contribution in [0.5, 0.6) is 0 Å². The third kappa shape index (κ3) is 5.14. The number of fused-ring (bicyclic) bond motifs is 1. The lowest BCUT2D eigenvalue weighted by Gasteiger charge is -2.43. The van der Waals surface area contributed by atoms with Crippen LogP contribution in [0.2, 0.25) is 0 Å². The van der Waals surface area contributed by atoms with E-state index >= 15 is 0 Å². The minimum absolute atomic E-state index is 0.0413. The van der Waals surface area contributed by atoms with Crippen molar-refractivity contribution >= 4 is 17.5 Å². The van der Waals surface area contributed by atoms with Crippen LogP contribution < -0.4 is 21.3 Å². The molecule has 8 nitrogen and oxygen atoms in total.